The summed E-state index contributed by atoms with van der Waals surface area (Å²) in [5.41, 5.74) is -0.0694. The summed E-state index contributed by atoms with van der Waals surface area (Å²) in [5.74, 6) is 0.174. The van der Waals surface area contributed by atoms with E-state index in [4.69, 9.17) is 0 Å². The lowest BCUT2D eigenvalue weighted by Crippen LogP contribution is -2.58. The first-order valence-electron chi connectivity index (χ1n) is 2.37. The quantitative estimate of drug-likeness (QED) is 0.285. The van der Waals surface area contributed by atoms with Crippen LogP contribution in [0, 0.1) is 0 Å². The molecule has 2 rings (SSSR count). The van der Waals surface area contributed by atoms with Crippen molar-refractivity contribution in [3.63, 3.8) is 0 Å². The Morgan fingerprint density at radius 3 is 2.29 bits per heavy atom. The SMILES string of the molecule is O=C1NCC12CN2. The van der Waals surface area contributed by atoms with E-state index in [0.717, 1.165) is 13.1 Å². The van der Waals surface area contributed by atoms with E-state index in [1.54, 1.807) is 0 Å². The Balaban J connectivity index is 2.23. The van der Waals surface area contributed by atoms with Crippen molar-refractivity contribution in [3.8, 4) is 0 Å². The first kappa shape index (κ1) is 3.43. The summed E-state index contributed by atoms with van der Waals surface area (Å²) < 4.78 is 0. The molecule has 1 spiro atoms. The van der Waals surface area contributed by atoms with E-state index in [9.17, 15) is 4.79 Å². The zero-order chi connectivity index (χ0) is 4.91. The van der Waals surface area contributed by atoms with Crippen molar-refractivity contribution in [2.45, 2.75) is 5.54 Å². The van der Waals surface area contributed by atoms with Crippen LogP contribution in [0.2, 0.25) is 0 Å². The van der Waals surface area contributed by atoms with Gasteiger partial charge in [0.25, 0.3) is 0 Å². The monoisotopic (exact) mass is 98.0 g/mol. The van der Waals surface area contributed by atoms with E-state index >= 15 is 0 Å². The smallest absolute Gasteiger partial charge is 0.243 e. The highest BCUT2D eigenvalue weighted by molar-refractivity contribution is 5.95. The van der Waals surface area contributed by atoms with Crippen LogP contribution >= 0.6 is 0 Å². The highest BCUT2D eigenvalue weighted by Crippen LogP contribution is 2.21. The molecular weight excluding hydrogens is 92.1 g/mol. The minimum atomic E-state index is -0.0694. The second kappa shape index (κ2) is 0.690. The summed E-state index contributed by atoms with van der Waals surface area (Å²) in [6.45, 7) is 1.73. The average Bonchev–Trinajstić information content (AvgIpc) is 2.40. The van der Waals surface area contributed by atoms with Gasteiger partial charge in [-0.1, -0.05) is 0 Å². The Hall–Kier alpha value is -0.570. The zero-order valence-electron chi connectivity index (χ0n) is 3.82. The van der Waals surface area contributed by atoms with Crippen LogP contribution in [-0.2, 0) is 4.79 Å². The molecule has 0 aromatic heterocycles. The van der Waals surface area contributed by atoms with E-state index in [2.05, 4.69) is 10.6 Å². The molecule has 0 saturated carbocycles. The third kappa shape index (κ3) is 0.237. The van der Waals surface area contributed by atoms with Crippen LogP contribution in [0.3, 0.4) is 0 Å². The van der Waals surface area contributed by atoms with Gasteiger partial charge in [0, 0.05) is 13.1 Å². The van der Waals surface area contributed by atoms with E-state index < -0.39 is 0 Å². The molecule has 38 valence electrons. The second-order valence-electron chi connectivity index (χ2n) is 2.12. The molecule has 2 saturated heterocycles. The molecule has 3 nitrogen and oxygen atoms in total. The van der Waals surface area contributed by atoms with Gasteiger partial charge >= 0.3 is 0 Å². The van der Waals surface area contributed by atoms with Gasteiger partial charge in [0.05, 0.1) is 0 Å². The van der Waals surface area contributed by atoms with E-state index in [1.165, 1.54) is 0 Å². The van der Waals surface area contributed by atoms with Crippen LogP contribution in [0.5, 0.6) is 0 Å². The maximum Gasteiger partial charge on any atom is 0.243 e. The van der Waals surface area contributed by atoms with Gasteiger partial charge in [-0.3, -0.25) is 10.1 Å². The van der Waals surface area contributed by atoms with Crippen molar-refractivity contribution in [2.24, 2.45) is 0 Å². The van der Waals surface area contributed by atoms with E-state index in [1.807, 2.05) is 0 Å². The average molecular weight is 98.1 g/mol. The number of carbonyl (C=O) groups is 1. The standard InChI is InChI=1S/C4H6N2O/c7-3-4(1-5-3)2-6-4/h6H,1-2H2,(H,5,7). The molecule has 1 atom stereocenters. The Morgan fingerprint density at radius 1 is 1.57 bits per heavy atom. The molecule has 1 amide bonds. The van der Waals surface area contributed by atoms with Gasteiger partial charge in [-0.15, -0.1) is 0 Å². The van der Waals surface area contributed by atoms with Gasteiger partial charge in [-0.25, -0.2) is 0 Å². The molecule has 0 aliphatic carbocycles. The summed E-state index contributed by atoms with van der Waals surface area (Å²) >= 11 is 0. The number of β-lactam (4-membered cyclic amide) rings is 1. The number of hydrogen-bond donors (Lipinski definition) is 2. The van der Waals surface area contributed by atoms with E-state index in [-0.39, 0.29) is 11.4 Å². The van der Waals surface area contributed by atoms with Gasteiger partial charge in [0.2, 0.25) is 5.91 Å². The maximum atomic E-state index is 10.4. The van der Waals surface area contributed by atoms with Crippen molar-refractivity contribution in [1.82, 2.24) is 10.6 Å². The highest BCUT2D eigenvalue weighted by Gasteiger charge is 2.56. The van der Waals surface area contributed by atoms with Crippen LogP contribution in [0.4, 0.5) is 0 Å². The molecule has 0 aromatic rings. The van der Waals surface area contributed by atoms with Crippen molar-refractivity contribution < 1.29 is 4.79 Å². The molecule has 0 bridgehead atoms. The fourth-order valence-electron chi connectivity index (χ4n) is 0.766. The molecule has 0 radical (unpaired) electrons. The molecule has 7 heavy (non-hydrogen) atoms. The fourth-order valence-corrected chi connectivity index (χ4v) is 0.766. The number of hydrogen-bond acceptors (Lipinski definition) is 2. The fraction of sp³-hybridized carbons (Fsp3) is 0.750. The molecule has 1 unspecified atom stereocenters. The molecule has 2 heterocycles. The topological polar surface area (TPSA) is 51.0 Å². The van der Waals surface area contributed by atoms with Crippen molar-refractivity contribution in [1.29, 1.82) is 0 Å². The summed E-state index contributed by atoms with van der Waals surface area (Å²) in [4.78, 5) is 10.4. The van der Waals surface area contributed by atoms with Gasteiger partial charge in [0.1, 0.15) is 5.54 Å². The molecule has 0 aromatic carbocycles. The molecule has 2 aliphatic rings. The Bertz CT molecular complexity index is 128. The first-order valence-corrected chi connectivity index (χ1v) is 2.37. The number of rotatable bonds is 0. The van der Waals surface area contributed by atoms with Crippen molar-refractivity contribution in [2.75, 3.05) is 13.1 Å². The predicted molar refractivity (Wildman–Crippen MR) is 23.7 cm³/mol. The highest BCUT2D eigenvalue weighted by atomic mass is 16.2. The summed E-state index contributed by atoms with van der Waals surface area (Å²) in [7, 11) is 0. The number of amides is 1. The van der Waals surface area contributed by atoms with Crippen molar-refractivity contribution in [3.05, 3.63) is 0 Å². The first-order chi connectivity index (χ1) is 3.33. The van der Waals surface area contributed by atoms with Gasteiger partial charge in [0.15, 0.2) is 0 Å². The minimum Gasteiger partial charge on any atom is -0.352 e. The minimum absolute atomic E-state index is 0.0694. The Morgan fingerprint density at radius 2 is 2.29 bits per heavy atom. The Kier molecular flexibility index (Phi) is 0.338. The maximum absolute atomic E-state index is 10.4. The molecular formula is C4H6N2O. The predicted octanol–water partition coefficient (Wildman–Crippen LogP) is -1.54. The van der Waals surface area contributed by atoms with Gasteiger partial charge in [-0.05, 0) is 0 Å². The van der Waals surface area contributed by atoms with Gasteiger partial charge in [-0.2, -0.15) is 0 Å². The third-order valence-electron chi connectivity index (χ3n) is 1.59. The normalized spacial score (nSPS) is 45.4. The van der Waals surface area contributed by atoms with Crippen LogP contribution in [0.25, 0.3) is 0 Å². The van der Waals surface area contributed by atoms with E-state index in [0.29, 0.717) is 0 Å². The van der Waals surface area contributed by atoms with Crippen LogP contribution < -0.4 is 10.6 Å². The van der Waals surface area contributed by atoms with Crippen LogP contribution in [0.15, 0.2) is 0 Å². The molecule has 2 aliphatic heterocycles. The van der Waals surface area contributed by atoms with Crippen molar-refractivity contribution >= 4 is 5.91 Å². The summed E-state index contributed by atoms with van der Waals surface area (Å²) in [6.07, 6.45) is 0. The Labute approximate surface area is 41.1 Å². The molecule has 2 fully saturated rings. The summed E-state index contributed by atoms with van der Waals surface area (Å²) in [5, 5.41) is 5.64. The third-order valence-corrected chi connectivity index (χ3v) is 1.59. The lowest BCUT2D eigenvalue weighted by Gasteiger charge is -2.22. The van der Waals surface area contributed by atoms with Crippen LogP contribution in [0.1, 0.15) is 0 Å². The molecule has 3 heteroatoms. The zero-order valence-corrected chi connectivity index (χ0v) is 3.82. The van der Waals surface area contributed by atoms with Crippen LogP contribution in [-0.4, -0.2) is 24.5 Å². The molecule has 2 N–H and O–H groups in total. The number of nitrogens with one attached hydrogen (secondary N) is 2. The largest absolute Gasteiger partial charge is 0.352 e. The number of carbonyl (C=O) groups excluding carboxylic acids is 1. The lowest BCUT2D eigenvalue weighted by atomic mass is 10.0. The summed E-state index contributed by atoms with van der Waals surface area (Å²) in [6, 6.07) is 0. The van der Waals surface area contributed by atoms with Gasteiger partial charge < -0.3 is 5.32 Å². The second-order valence-corrected chi connectivity index (χ2v) is 2.12. The lowest BCUT2D eigenvalue weighted by molar-refractivity contribution is -0.128.